The number of hydrogen-bond acceptors (Lipinski definition) is 3. The predicted molar refractivity (Wildman–Crippen MR) is 103 cm³/mol. The number of halogens is 3. The SMILES string of the molecule is C=CCOc1cccc(N(SC(F)(Cl)Cl)C(=O)c2ccccc2C)c1. The molecule has 0 saturated carbocycles. The summed E-state index contributed by atoms with van der Waals surface area (Å²) >= 11 is 11.4. The fourth-order valence-corrected chi connectivity index (χ4v) is 3.11. The van der Waals surface area contributed by atoms with Crippen LogP contribution in [0.2, 0.25) is 0 Å². The largest absolute Gasteiger partial charge is 0.489 e. The minimum atomic E-state index is -2.67. The lowest BCUT2D eigenvalue weighted by Gasteiger charge is -2.25. The summed E-state index contributed by atoms with van der Waals surface area (Å²) in [6.45, 7) is 5.68. The first-order chi connectivity index (χ1) is 11.8. The number of nitrogens with zero attached hydrogens (tertiary/aromatic N) is 1. The molecule has 0 aliphatic rings. The van der Waals surface area contributed by atoms with Gasteiger partial charge in [0.25, 0.3) is 5.91 Å². The third-order valence-electron chi connectivity index (χ3n) is 3.17. The van der Waals surface area contributed by atoms with Gasteiger partial charge in [-0.2, -0.15) is 4.39 Å². The third kappa shape index (κ3) is 5.66. The standard InChI is InChI=1S/C18H16Cl2FNO2S/c1-3-11-24-15-9-6-8-14(12-15)22(25-18(19,20)21)17(23)16-10-5-4-7-13(16)2/h3-10,12H,1,11H2,2H3. The van der Waals surface area contributed by atoms with Gasteiger partial charge in [-0.3, -0.25) is 4.79 Å². The number of alkyl halides is 3. The van der Waals surface area contributed by atoms with Gasteiger partial charge in [-0.1, -0.05) is 60.1 Å². The lowest BCUT2D eigenvalue weighted by atomic mass is 10.1. The van der Waals surface area contributed by atoms with Crippen LogP contribution in [0, 0.1) is 6.92 Å². The Bertz CT molecular complexity index is 765. The second kappa shape index (κ2) is 8.61. The van der Waals surface area contributed by atoms with Crippen molar-refractivity contribution in [2.24, 2.45) is 0 Å². The number of amides is 1. The smallest absolute Gasteiger partial charge is 0.324 e. The number of carbonyl (C=O) groups excluding carboxylic acids is 1. The Balaban J connectivity index is 2.41. The molecule has 0 bridgehead atoms. The van der Waals surface area contributed by atoms with Crippen molar-refractivity contribution in [3.63, 3.8) is 0 Å². The Labute approximate surface area is 160 Å². The van der Waals surface area contributed by atoms with Gasteiger partial charge in [-0.05, 0) is 30.7 Å². The van der Waals surface area contributed by atoms with Gasteiger partial charge in [0.2, 0.25) is 0 Å². The molecule has 0 aliphatic heterocycles. The zero-order valence-electron chi connectivity index (χ0n) is 13.4. The molecule has 7 heteroatoms. The highest BCUT2D eigenvalue weighted by Crippen LogP contribution is 2.42. The fraction of sp³-hybridized carbons (Fsp3) is 0.167. The summed E-state index contributed by atoms with van der Waals surface area (Å²) in [6.07, 6.45) is 1.60. The second-order valence-electron chi connectivity index (χ2n) is 5.05. The van der Waals surface area contributed by atoms with E-state index in [0.29, 0.717) is 35.6 Å². The van der Waals surface area contributed by atoms with Crippen LogP contribution in [0.15, 0.2) is 61.2 Å². The Morgan fingerprint density at radius 3 is 2.68 bits per heavy atom. The van der Waals surface area contributed by atoms with Gasteiger partial charge < -0.3 is 4.74 Å². The van der Waals surface area contributed by atoms with E-state index < -0.39 is 9.83 Å². The van der Waals surface area contributed by atoms with E-state index in [2.05, 4.69) is 6.58 Å². The summed E-state index contributed by atoms with van der Waals surface area (Å²) in [6, 6.07) is 13.7. The van der Waals surface area contributed by atoms with Crippen molar-refractivity contribution in [1.29, 1.82) is 0 Å². The van der Waals surface area contributed by atoms with E-state index in [1.54, 1.807) is 55.5 Å². The zero-order chi connectivity index (χ0) is 18.4. The minimum absolute atomic E-state index is 0.306. The third-order valence-corrected chi connectivity index (χ3v) is 4.35. The van der Waals surface area contributed by atoms with Crippen molar-refractivity contribution >= 4 is 46.7 Å². The van der Waals surface area contributed by atoms with Crippen LogP contribution in [0.3, 0.4) is 0 Å². The molecule has 25 heavy (non-hydrogen) atoms. The first kappa shape index (κ1) is 19.6. The quantitative estimate of drug-likeness (QED) is 0.329. The lowest BCUT2D eigenvalue weighted by Crippen LogP contribution is -2.27. The number of anilines is 1. The van der Waals surface area contributed by atoms with E-state index in [1.165, 1.54) is 0 Å². The number of ether oxygens (including phenoxy) is 1. The molecular formula is C18H16Cl2FNO2S. The number of hydrogen-bond donors (Lipinski definition) is 0. The molecule has 2 rings (SSSR count). The molecule has 0 N–H and O–H groups in total. The molecule has 0 fully saturated rings. The molecule has 0 aliphatic carbocycles. The molecule has 1 amide bonds. The summed E-state index contributed by atoms with van der Waals surface area (Å²) in [4.78, 5) is 12.9. The van der Waals surface area contributed by atoms with Gasteiger partial charge in [0, 0.05) is 23.6 Å². The van der Waals surface area contributed by atoms with Crippen LogP contribution in [0.4, 0.5) is 10.1 Å². The highest BCUT2D eigenvalue weighted by Gasteiger charge is 2.32. The van der Waals surface area contributed by atoms with Gasteiger partial charge in [0.05, 0.1) is 5.69 Å². The lowest BCUT2D eigenvalue weighted by molar-refractivity contribution is 0.101. The van der Waals surface area contributed by atoms with Crippen LogP contribution in [0.25, 0.3) is 0 Å². The normalized spacial score (nSPS) is 11.0. The van der Waals surface area contributed by atoms with Crippen molar-refractivity contribution in [2.75, 3.05) is 10.9 Å². The summed E-state index contributed by atoms with van der Waals surface area (Å²) in [7, 11) is 0. The topological polar surface area (TPSA) is 29.5 Å². The second-order valence-corrected chi connectivity index (χ2v) is 7.84. The Hall–Kier alpha value is -1.69. The molecule has 0 spiro atoms. The number of aryl methyl sites for hydroxylation is 1. The van der Waals surface area contributed by atoms with Gasteiger partial charge in [0.1, 0.15) is 12.4 Å². The van der Waals surface area contributed by atoms with Crippen molar-refractivity contribution in [3.8, 4) is 5.75 Å². The van der Waals surface area contributed by atoms with Crippen LogP contribution in [0.1, 0.15) is 15.9 Å². The Kier molecular flexibility index (Phi) is 6.76. The van der Waals surface area contributed by atoms with E-state index in [0.717, 1.165) is 9.87 Å². The monoisotopic (exact) mass is 399 g/mol. The molecule has 0 heterocycles. The van der Waals surface area contributed by atoms with Crippen molar-refractivity contribution in [2.45, 2.75) is 10.8 Å². The van der Waals surface area contributed by atoms with E-state index in [-0.39, 0.29) is 0 Å². The van der Waals surface area contributed by atoms with E-state index in [4.69, 9.17) is 27.9 Å². The maximum Gasteiger partial charge on any atom is 0.324 e. The van der Waals surface area contributed by atoms with E-state index >= 15 is 0 Å². The molecule has 0 radical (unpaired) electrons. The summed E-state index contributed by atoms with van der Waals surface area (Å²) in [5.41, 5.74) is 1.57. The molecule has 0 unspecified atom stereocenters. The average Bonchev–Trinajstić information content (AvgIpc) is 2.57. The summed E-state index contributed by atoms with van der Waals surface area (Å²) in [5, 5.41) is 0. The molecular weight excluding hydrogens is 384 g/mol. The number of carbonyl (C=O) groups is 1. The van der Waals surface area contributed by atoms with Gasteiger partial charge in [0.15, 0.2) is 0 Å². The molecule has 3 nitrogen and oxygen atoms in total. The predicted octanol–water partition coefficient (Wildman–Crippen LogP) is 5.91. The highest BCUT2D eigenvalue weighted by atomic mass is 35.5. The minimum Gasteiger partial charge on any atom is -0.489 e. The van der Waals surface area contributed by atoms with Gasteiger partial charge in [-0.25, -0.2) is 4.31 Å². The first-order valence-electron chi connectivity index (χ1n) is 7.31. The highest BCUT2D eigenvalue weighted by molar-refractivity contribution is 8.05. The molecule has 0 atom stereocenters. The van der Waals surface area contributed by atoms with Crippen molar-refractivity contribution in [1.82, 2.24) is 0 Å². The summed E-state index contributed by atoms with van der Waals surface area (Å²) < 4.78 is 17.8. The van der Waals surface area contributed by atoms with E-state index in [1.807, 2.05) is 6.07 Å². The Morgan fingerprint density at radius 2 is 2.04 bits per heavy atom. The van der Waals surface area contributed by atoms with Crippen molar-refractivity contribution < 1.29 is 13.9 Å². The molecule has 2 aromatic carbocycles. The van der Waals surface area contributed by atoms with Crippen LogP contribution >= 0.6 is 35.1 Å². The first-order valence-corrected chi connectivity index (χ1v) is 8.84. The maximum atomic E-state index is 13.9. The van der Waals surface area contributed by atoms with Crippen LogP contribution in [0.5, 0.6) is 5.75 Å². The molecule has 132 valence electrons. The van der Waals surface area contributed by atoms with Crippen LogP contribution in [-0.2, 0) is 0 Å². The molecule has 0 aromatic heterocycles. The fourth-order valence-electron chi connectivity index (χ4n) is 2.09. The number of benzene rings is 2. The van der Waals surface area contributed by atoms with Crippen LogP contribution < -0.4 is 9.04 Å². The number of rotatable bonds is 7. The summed E-state index contributed by atoms with van der Waals surface area (Å²) in [5.74, 6) is 0.0708. The molecule has 0 saturated heterocycles. The average molecular weight is 400 g/mol. The molecule has 2 aromatic rings. The van der Waals surface area contributed by atoms with Crippen LogP contribution in [-0.4, -0.2) is 16.4 Å². The zero-order valence-corrected chi connectivity index (χ0v) is 15.7. The van der Waals surface area contributed by atoms with Gasteiger partial charge in [-0.15, -0.1) is 0 Å². The Morgan fingerprint density at radius 1 is 1.32 bits per heavy atom. The van der Waals surface area contributed by atoms with Crippen molar-refractivity contribution in [3.05, 3.63) is 72.3 Å². The van der Waals surface area contributed by atoms with Gasteiger partial charge >= 0.3 is 3.92 Å². The maximum absolute atomic E-state index is 13.9. The van der Waals surface area contributed by atoms with E-state index in [9.17, 15) is 9.18 Å².